The maximum Gasteiger partial charge on any atom is 0.416 e. The Morgan fingerprint density at radius 3 is 1.12 bits per heavy atom. The number of likely N-dealkylation sites (N-methyl/N-ethyl adjacent to an activating group) is 2. The summed E-state index contributed by atoms with van der Waals surface area (Å²) in [6.07, 6.45) is -2.45. The molecule has 0 saturated heterocycles. The number of carbonyl (C=O) groups excluding carboxylic acids is 3. The average Bonchev–Trinajstić information content (AvgIpc) is 1.62. The molecule has 15 rings (SSSR count). The number of ether oxygens (including phenoxy) is 2. The van der Waals surface area contributed by atoms with Crippen molar-refractivity contribution in [2.75, 3.05) is 118 Å². The molecule has 594 valence electrons. The van der Waals surface area contributed by atoms with E-state index in [1.807, 2.05) is 144 Å². The van der Waals surface area contributed by atoms with Crippen LogP contribution in [0, 0.1) is 0 Å². The number of aryl methyl sites for hydroxylation is 3. The number of halogens is 6. The van der Waals surface area contributed by atoms with Crippen molar-refractivity contribution < 1.29 is 50.2 Å². The summed E-state index contributed by atoms with van der Waals surface area (Å²) < 4.78 is 96.5. The third-order valence-corrected chi connectivity index (χ3v) is 19.2. The van der Waals surface area contributed by atoms with Gasteiger partial charge in [-0.15, -0.1) is 0 Å². The van der Waals surface area contributed by atoms with Crippen LogP contribution >= 0.6 is 0 Å². The van der Waals surface area contributed by atoms with Crippen LogP contribution in [0.1, 0.15) is 90.1 Å². The smallest absolute Gasteiger partial charge is 0.416 e. The van der Waals surface area contributed by atoms with Crippen molar-refractivity contribution in [3.63, 3.8) is 0 Å². The van der Waals surface area contributed by atoms with Crippen molar-refractivity contribution in [3.05, 3.63) is 185 Å². The van der Waals surface area contributed by atoms with Gasteiger partial charge in [0.2, 0.25) is 0 Å². The molecule has 12 aromatic rings. The van der Waals surface area contributed by atoms with Gasteiger partial charge in [-0.05, 0) is 217 Å². The largest absolute Gasteiger partial charge is 0.492 e. The predicted molar refractivity (Wildman–Crippen MR) is 434 cm³/mol. The third-order valence-electron chi connectivity index (χ3n) is 19.2. The Balaban J connectivity index is 0.000000150. The second kappa shape index (κ2) is 33.4. The number of aromatic nitrogens is 9. The van der Waals surface area contributed by atoms with E-state index in [-0.39, 0.29) is 42.1 Å². The van der Waals surface area contributed by atoms with E-state index in [4.69, 9.17) is 41.6 Å². The molecule has 3 fully saturated rings. The molecule has 3 aliphatic rings. The van der Waals surface area contributed by atoms with Gasteiger partial charge in [-0.25, -0.2) is 43.4 Å². The number of fused-ring (bicyclic) bond motifs is 3. The first-order valence-corrected chi connectivity index (χ1v) is 37.0. The Hall–Kier alpha value is -12.6. The minimum absolute atomic E-state index is 0.0141. The van der Waals surface area contributed by atoms with Crippen LogP contribution in [0.5, 0.6) is 11.5 Å². The van der Waals surface area contributed by atoms with E-state index >= 15 is 0 Å². The number of pyridine rings is 3. The number of hydrogen-bond donors (Lipinski definition) is 9. The van der Waals surface area contributed by atoms with Crippen LogP contribution in [0.3, 0.4) is 0 Å². The Morgan fingerprint density at radius 1 is 0.421 bits per heavy atom. The lowest BCUT2D eigenvalue weighted by Gasteiger charge is -2.17. The van der Waals surface area contributed by atoms with Crippen LogP contribution in [0.2, 0.25) is 0 Å². The first kappa shape index (κ1) is 79.5. The summed E-state index contributed by atoms with van der Waals surface area (Å²) in [5, 5.41) is 31.5. The molecule has 0 unspecified atom stereocenters. The van der Waals surface area contributed by atoms with E-state index in [2.05, 4.69) is 58.2 Å². The number of anilines is 9. The molecule has 3 aliphatic carbocycles. The molecule has 0 bridgehead atoms. The molecule has 0 spiro atoms. The molecule has 32 heteroatoms. The zero-order valence-electron chi connectivity index (χ0n) is 64.4. The second-order valence-electron chi connectivity index (χ2n) is 29.4. The van der Waals surface area contributed by atoms with Crippen LogP contribution in [0.15, 0.2) is 152 Å². The summed E-state index contributed by atoms with van der Waals surface area (Å²) in [7, 11) is 16.9. The van der Waals surface area contributed by atoms with Gasteiger partial charge >= 0.3 is 30.4 Å². The first-order valence-electron chi connectivity index (χ1n) is 37.0. The summed E-state index contributed by atoms with van der Waals surface area (Å²) in [5.41, 5.74) is 31.1. The fourth-order valence-corrected chi connectivity index (χ4v) is 13.0. The molecule has 0 atom stereocenters. The van der Waals surface area contributed by atoms with Crippen molar-refractivity contribution in [2.45, 2.75) is 75.2 Å². The van der Waals surface area contributed by atoms with Gasteiger partial charge < -0.3 is 73.3 Å². The molecule has 0 radical (unpaired) electrons. The normalized spacial score (nSPS) is 13.5. The highest BCUT2D eigenvalue weighted by Crippen LogP contribution is 2.47. The number of benzene rings is 6. The van der Waals surface area contributed by atoms with Crippen LogP contribution in [-0.4, -0.2) is 146 Å². The van der Waals surface area contributed by atoms with Crippen molar-refractivity contribution in [1.29, 1.82) is 0 Å². The van der Waals surface area contributed by atoms with Gasteiger partial charge in [-0.3, -0.25) is 0 Å². The van der Waals surface area contributed by atoms with Gasteiger partial charge in [0.05, 0.1) is 33.0 Å². The maximum absolute atomic E-state index is 13.4. The maximum atomic E-state index is 13.4. The van der Waals surface area contributed by atoms with Gasteiger partial charge in [0.15, 0.2) is 34.4 Å². The number of nitrogens with two attached hydrogens (primary N) is 3. The van der Waals surface area contributed by atoms with Crippen molar-refractivity contribution >= 4 is 103 Å². The van der Waals surface area contributed by atoms with Crippen LogP contribution in [0.25, 0.3) is 66.5 Å². The monoisotopic (exact) mass is 1560 g/mol. The fourth-order valence-electron chi connectivity index (χ4n) is 13.0. The molecule has 3 saturated carbocycles. The number of rotatable bonds is 22. The standard InChI is InChI=1S/2C28H30F3N7O2.C26H29N7O/c1-37(2)12-13-40-23-11-8-18(28(29,30)31)14-22(23)35-27(39)33-19-9-6-16(7-10-19)20-15-21(17-4-5-17)34-26-24(20)25(32)36-38(26)3;1-37(2)10-11-40-21-13-18(28(29,30)31)12-20(14-21)34-27(39)33-19-8-6-16(7-9-19)22-15-23(17-4-5-17)35-26-24(22)25(32)36-38(26)3;1-32(2)15-16-4-10-19(11-5-16)28-26(34)29-20-12-8-17(9-13-20)21-14-22(18-6-7-18)30-25-23(21)24(27)31-33(25)3/h6-11,14-15,17H,4-5,12-13H2,1-3H3,(H2,32,36)(H2,33,35,39);6-9,12-15,17H,4-5,10-11H2,1-3H3,(H2,32,36)(H2,33,34,39);4-5,8-14,18H,6-7,15H2,1-3H3,(H2,27,31)(H2,28,29,34). The van der Waals surface area contributed by atoms with E-state index in [1.54, 1.807) is 52.4 Å². The predicted octanol–water partition coefficient (Wildman–Crippen LogP) is 16.2. The Labute approximate surface area is 653 Å². The average molecular weight is 1560 g/mol. The topological polar surface area (TPSA) is 322 Å². The number of hydrogen-bond acceptors (Lipinski definition) is 17. The molecule has 6 aromatic carbocycles. The number of amides is 6. The van der Waals surface area contributed by atoms with Crippen LogP contribution in [-0.2, 0) is 40.0 Å². The SMILES string of the molecule is CN(C)CCOc1cc(NC(=O)Nc2ccc(-c3cc(C4CC4)nc4c3c(N)nn4C)cc2)cc(C(F)(F)F)c1.CN(C)CCOc1ccc(C(F)(F)F)cc1NC(=O)Nc1ccc(-c2cc(C3CC3)nc3c2c(N)nn3C)cc1.CN(C)Cc1ccc(NC(=O)Nc2ccc(-c3cc(C4CC4)nc4c3c(N)nn4C)cc2)cc1. The van der Waals surface area contributed by atoms with E-state index < -0.39 is 35.5 Å². The summed E-state index contributed by atoms with van der Waals surface area (Å²) in [5.74, 6) is 2.77. The molecule has 0 aliphatic heterocycles. The molecule has 6 amide bonds. The Morgan fingerprint density at radius 2 is 0.772 bits per heavy atom. The van der Waals surface area contributed by atoms with E-state index in [0.29, 0.717) is 76.7 Å². The summed E-state index contributed by atoms with van der Waals surface area (Å²) >= 11 is 0. The molecular weight excluding hydrogens is 1470 g/mol. The van der Waals surface area contributed by atoms with Gasteiger partial charge in [-0.2, -0.15) is 41.6 Å². The lowest BCUT2D eigenvalue weighted by Crippen LogP contribution is -2.22. The Kier molecular flexibility index (Phi) is 23.3. The highest BCUT2D eigenvalue weighted by atomic mass is 19.4. The molecule has 6 aromatic heterocycles. The van der Waals surface area contributed by atoms with E-state index in [1.165, 1.54) is 30.5 Å². The van der Waals surface area contributed by atoms with Crippen molar-refractivity contribution in [1.82, 2.24) is 59.0 Å². The lowest BCUT2D eigenvalue weighted by molar-refractivity contribution is -0.138. The molecular formula is C82H89F6N21O5. The second-order valence-corrected chi connectivity index (χ2v) is 29.4. The zero-order chi connectivity index (χ0) is 81.0. The highest BCUT2D eigenvalue weighted by molar-refractivity contribution is 6.05. The number of alkyl halides is 6. The summed E-state index contributed by atoms with van der Waals surface area (Å²) in [6.45, 7) is 2.37. The number of carbonyl (C=O) groups is 3. The lowest BCUT2D eigenvalue weighted by atomic mass is 10.0. The number of nitrogens with zero attached hydrogens (tertiary/aromatic N) is 12. The summed E-state index contributed by atoms with van der Waals surface area (Å²) in [6, 6.07) is 40.5. The first-order chi connectivity index (χ1) is 54.3. The molecule has 6 heterocycles. The summed E-state index contributed by atoms with van der Waals surface area (Å²) in [4.78, 5) is 58.1. The van der Waals surface area contributed by atoms with Crippen molar-refractivity contribution in [3.8, 4) is 44.9 Å². The zero-order valence-corrected chi connectivity index (χ0v) is 64.4. The minimum Gasteiger partial charge on any atom is -0.492 e. The Bertz CT molecular complexity index is 5500. The van der Waals surface area contributed by atoms with Crippen molar-refractivity contribution in [2.24, 2.45) is 21.1 Å². The number of urea groups is 3. The number of nitrogens with one attached hydrogen (secondary N) is 6. The third kappa shape index (κ3) is 19.7. The van der Waals surface area contributed by atoms with Crippen LogP contribution in [0.4, 0.5) is 92.3 Å². The number of nitrogen functional groups attached to an aromatic ring is 3. The quantitative estimate of drug-likeness (QED) is 0.0285. The van der Waals surface area contributed by atoms with E-state index in [9.17, 15) is 40.7 Å². The minimum atomic E-state index is -4.60. The fraction of sp³-hybridized carbons (Fsp3) is 0.305. The van der Waals surface area contributed by atoms with Gasteiger partial charge in [0, 0.05) is 110 Å². The molecule has 114 heavy (non-hydrogen) atoms. The van der Waals surface area contributed by atoms with Gasteiger partial charge in [0.25, 0.3) is 0 Å². The van der Waals surface area contributed by atoms with Gasteiger partial charge in [0.1, 0.15) is 24.7 Å². The van der Waals surface area contributed by atoms with E-state index in [0.717, 1.165) is 134 Å². The van der Waals surface area contributed by atoms with Gasteiger partial charge in [-0.1, -0.05) is 48.5 Å². The highest BCUT2D eigenvalue weighted by Gasteiger charge is 2.35. The molecule has 26 nitrogen and oxygen atoms in total. The van der Waals surface area contributed by atoms with Crippen LogP contribution < -0.4 is 58.6 Å². The molecule has 12 N–H and O–H groups in total.